The predicted octanol–water partition coefficient (Wildman–Crippen LogP) is 2.82. The lowest BCUT2D eigenvalue weighted by atomic mass is 10.0. The average molecular weight is 331 g/mol. The Bertz CT molecular complexity index is 1020. The zero-order valence-electron chi connectivity index (χ0n) is 13.0. The van der Waals surface area contributed by atoms with Gasteiger partial charge in [-0.1, -0.05) is 35.5 Å². The summed E-state index contributed by atoms with van der Waals surface area (Å²) >= 11 is 0. The van der Waals surface area contributed by atoms with E-state index in [0.29, 0.717) is 5.69 Å². The summed E-state index contributed by atoms with van der Waals surface area (Å²) in [6.45, 7) is 0. The van der Waals surface area contributed by atoms with Crippen LogP contribution in [0.4, 0.5) is 0 Å². The Hall–Kier alpha value is -3.74. The van der Waals surface area contributed by atoms with Crippen molar-refractivity contribution in [2.24, 2.45) is 0 Å². The number of carbonyl (C=O) groups is 1. The van der Waals surface area contributed by atoms with Crippen molar-refractivity contribution < 1.29 is 9.90 Å². The number of benzene rings is 2. The molecule has 25 heavy (non-hydrogen) atoms. The predicted molar refractivity (Wildman–Crippen MR) is 90.9 cm³/mol. The lowest BCUT2D eigenvalue weighted by Gasteiger charge is -2.10. The third-order valence-electron chi connectivity index (χ3n) is 3.85. The van der Waals surface area contributed by atoms with E-state index in [1.165, 1.54) is 10.9 Å². The van der Waals surface area contributed by atoms with E-state index in [2.05, 4.69) is 15.4 Å². The first-order chi connectivity index (χ1) is 12.2. The van der Waals surface area contributed by atoms with E-state index in [1.54, 1.807) is 6.20 Å². The number of para-hydroxylation sites is 1. The van der Waals surface area contributed by atoms with Crippen LogP contribution in [0.15, 0.2) is 73.2 Å². The van der Waals surface area contributed by atoms with Gasteiger partial charge in [0, 0.05) is 18.0 Å². The first kappa shape index (κ1) is 14.8. The van der Waals surface area contributed by atoms with Crippen molar-refractivity contribution in [3.8, 4) is 22.5 Å². The monoisotopic (exact) mass is 331 g/mol. The number of carboxylic acid groups (broad SMARTS) is 1. The molecule has 0 atom stereocenters. The van der Waals surface area contributed by atoms with Crippen LogP contribution in [0.1, 0.15) is 10.5 Å². The van der Waals surface area contributed by atoms with E-state index in [9.17, 15) is 9.90 Å². The standard InChI is InChI=1S/C18H13N5O2/c24-18(25)17-12-19-21-23(17)14-8-6-13(7-9-14)15-4-1-2-5-16(15)22-11-3-10-20-22/h1-12H,(H,24,25). The minimum absolute atomic E-state index is 0.0182. The summed E-state index contributed by atoms with van der Waals surface area (Å²) in [5.41, 5.74) is 3.63. The van der Waals surface area contributed by atoms with Gasteiger partial charge in [0.25, 0.3) is 0 Å². The molecule has 0 bridgehead atoms. The van der Waals surface area contributed by atoms with Crippen molar-refractivity contribution in [2.45, 2.75) is 0 Å². The van der Waals surface area contributed by atoms with E-state index in [-0.39, 0.29) is 5.69 Å². The van der Waals surface area contributed by atoms with E-state index in [4.69, 9.17) is 0 Å². The normalized spacial score (nSPS) is 10.7. The molecule has 2 aromatic heterocycles. The topological polar surface area (TPSA) is 85.8 Å². The van der Waals surface area contributed by atoms with E-state index in [0.717, 1.165) is 16.8 Å². The third-order valence-corrected chi connectivity index (χ3v) is 3.85. The third kappa shape index (κ3) is 2.67. The van der Waals surface area contributed by atoms with Gasteiger partial charge in [0.1, 0.15) is 0 Å². The van der Waals surface area contributed by atoms with Gasteiger partial charge < -0.3 is 5.11 Å². The summed E-state index contributed by atoms with van der Waals surface area (Å²) in [5, 5.41) is 21.0. The Morgan fingerprint density at radius 3 is 2.52 bits per heavy atom. The Morgan fingerprint density at radius 2 is 1.80 bits per heavy atom. The highest BCUT2D eigenvalue weighted by Gasteiger charge is 2.13. The molecular formula is C18H13N5O2. The molecule has 7 nitrogen and oxygen atoms in total. The van der Waals surface area contributed by atoms with E-state index >= 15 is 0 Å². The highest BCUT2D eigenvalue weighted by molar-refractivity contribution is 5.86. The van der Waals surface area contributed by atoms with Gasteiger partial charge in [-0.2, -0.15) is 5.10 Å². The van der Waals surface area contributed by atoms with Crippen molar-refractivity contribution in [2.75, 3.05) is 0 Å². The van der Waals surface area contributed by atoms with Gasteiger partial charge in [0.15, 0.2) is 5.69 Å². The SMILES string of the molecule is O=C(O)c1cnnn1-c1ccc(-c2ccccc2-n2cccn2)cc1. The van der Waals surface area contributed by atoms with Crippen molar-refractivity contribution in [1.29, 1.82) is 0 Å². The molecule has 122 valence electrons. The maximum absolute atomic E-state index is 11.2. The molecule has 2 heterocycles. The number of aromatic carboxylic acids is 1. The zero-order chi connectivity index (χ0) is 17.2. The quantitative estimate of drug-likeness (QED) is 0.621. The second kappa shape index (κ2) is 6.04. The van der Waals surface area contributed by atoms with Crippen molar-refractivity contribution in [3.63, 3.8) is 0 Å². The van der Waals surface area contributed by atoms with Crippen LogP contribution in [0.25, 0.3) is 22.5 Å². The summed E-state index contributed by atoms with van der Waals surface area (Å²) in [6.07, 6.45) is 4.85. The number of rotatable bonds is 4. The largest absolute Gasteiger partial charge is 0.476 e. The summed E-state index contributed by atoms with van der Waals surface area (Å²) < 4.78 is 3.11. The van der Waals surface area contributed by atoms with Gasteiger partial charge in [0.05, 0.1) is 17.6 Å². The molecule has 0 amide bonds. The maximum Gasteiger partial charge on any atom is 0.356 e. The average Bonchev–Trinajstić information content (AvgIpc) is 3.34. The molecule has 0 aliphatic rings. The molecule has 0 spiro atoms. The number of carboxylic acids is 1. The lowest BCUT2D eigenvalue weighted by molar-refractivity contribution is 0.0687. The minimum Gasteiger partial charge on any atom is -0.476 e. The molecule has 7 heteroatoms. The lowest BCUT2D eigenvalue weighted by Crippen LogP contribution is -2.07. The van der Waals surface area contributed by atoms with Gasteiger partial charge in [-0.05, 0) is 29.8 Å². The summed E-state index contributed by atoms with van der Waals surface area (Å²) in [7, 11) is 0. The molecule has 4 aromatic rings. The highest BCUT2D eigenvalue weighted by Crippen LogP contribution is 2.27. The Morgan fingerprint density at radius 1 is 1.00 bits per heavy atom. The number of hydrogen-bond donors (Lipinski definition) is 1. The van der Waals surface area contributed by atoms with Crippen LogP contribution < -0.4 is 0 Å². The van der Waals surface area contributed by atoms with Crippen molar-refractivity contribution in [1.82, 2.24) is 24.8 Å². The van der Waals surface area contributed by atoms with E-state index < -0.39 is 5.97 Å². The fourth-order valence-corrected chi connectivity index (χ4v) is 2.68. The first-order valence-corrected chi connectivity index (χ1v) is 7.58. The van der Waals surface area contributed by atoms with Crippen LogP contribution in [0.2, 0.25) is 0 Å². The fourth-order valence-electron chi connectivity index (χ4n) is 2.68. The van der Waals surface area contributed by atoms with Gasteiger partial charge in [-0.3, -0.25) is 0 Å². The molecule has 1 N–H and O–H groups in total. The molecule has 0 saturated heterocycles. The van der Waals surface area contributed by atoms with E-state index in [1.807, 2.05) is 65.5 Å². The molecule has 0 fully saturated rings. The van der Waals surface area contributed by atoms with Gasteiger partial charge in [-0.15, -0.1) is 5.10 Å². The first-order valence-electron chi connectivity index (χ1n) is 7.58. The molecule has 0 unspecified atom stereocenters. The number of hydrogen-bond acceptors (Lipinski definition) is 4. The van der Waals surface area contributed by atoms with Crippen LogP contribution in [0.5, 0.6) is 0 Å². The number of nitrogens with zero attached hydrogens (tertiary/aromatic N) is 5. The van der Waals surface area contributed by atoms with Crippen LogP contribution in [-0.2, 0) is 0 Å². The van der Waals surface area contributed by atoms with Crippen LogP contribution in [0.3, 0.4) is 0 Å². The molecule has 0 radical (unpaired) electrons. The van der Waals surface area contributed by atoms with Gasteiger partial charge in [-0.25, -0.2) is 14.2 Å². The molecule has 4 rings (SSSR count). The minimum atomic E-state index is -1.07. The van der Waals surface area contributed by atoms with Crippen LogP contribution >= 0.6 is 0 Å². The second-order valence-electron chi connectivity index (χ2n) is 5.35. The fraction of sp³-hybridized carbons (Fsp3) is 0. The maximum atomic E-state index is 11.2. The van der Waals surface area contributed by atoms with Crippen molar-refractivity contribution in [3.05, 3.63) is 78.9 Å². The molecular weight excluding hydrogens is 318 g/mol. The molecule has 0 aliphatic carbocycles. The smallest absolute Gasteiger partial charge is 0.356 e. The summed E-state index contributed by atoms with van der Waals surface area (Å²) in [4.78, 5) is 11.2. The molecule has 0 aliphatic heterocycles. The summed E-state index contributed by atoms with van der Waals surface area (Å²) in [5.74, 6) is -1.07. The Balaban J connectivity index is 1.75. The Labute approximate surface area is 142 Å². The van der Waals surface area contributed by atoms with Crippen molar-refractivity contribution >= 4 is 5.97 Å². The van der Waals surface area contributed by atoms with Gasteiger partial charge in [0.2, 0.25) is 0 Å². The zero-order valence-corrected chi connectivity index (χ0v) is 13.0. The highest BCUT2D eigenvalue weighted by atomic mass is 16.4. The summed E-state index contributed by atoms with van der Waals surface area (Å²) in [6, 6.07) is 17.3. The van der Waals surface area contributed by atoms with Crippen LogP contribution in [0, 0.1) is 0 Å². The second-order valence-corrected chi connectivity index (χ2v) is 5.35. The molecule has 0 saturated carbocycles. The Kier molecular flexibility index (Phi) is 3.59. The number of aromatic nitrogens is 5. The molecule has 2 aromatic carbocycles. The van der Waals surface area contributed by atoms with Gasteiger partial charge >= 0.3 is 5.97 Å². The van der Waals surface area contributed by atoms with Crippen LogP contribution in [-0.4, -0.2) is 35.9 Å².